The number of hydrogen-bond acceptors (Lipinski definition) is 6. The number of amides is 6. The third-order valence-corrected chi connectivity index (χ3v) is 14.3. The molecule has 0 bridgehead atoms. The van der Waals surface area contributed by atoms with Gasteiger partial charge in [-0.15, -0.1) is 0 Å². The minimum atomic E-state index is -0.725. The molecule has 2 aliphatic heterocycles. The van der Waals surface area contributed by atoms with E-state index in [9.17, 15) is 28.8 Å². The Bertz CT molecular complexity index is 2290. The van der Waals surface area contributed by atoms with Crippen molar-refractivity contribution in [3.8, 4) is 0 Å². The van der Waals surface area contributed by atoms with Crippen molar-refractivity contribution >= 4 is 35.4 Å². The Hall–Kier alpha value is -6.30. The van der Waals surface area contributed by atoms with E-state index in [1.807, 2.05) is 54.6 Å². The molecule has 3 saturated carbocycles. The van der Waals surface area contributed by atoms with Gasteiger partial charge >= 0.3 is 0 Å². The number of carbonyl (C=O) groups is 6. The minimum absolute atomic E-state index is 0.0159. The Kier molecular flexibility index (Phi) is 13.1. The minimum Gasteiger partial charge on any atom is -0.356 e. The molecule has 0 unspecified atom stereocenters. The fourth-order valence-electron chi connectivity index (χ4n) is 10.2. The maximum absolute atomic E-state index is 14.1. The van der Waals surface area contributed by atoms with E-state index in [1.54, 1.807) is 34.1 Å². The number of hydrogen-bond donors (Lipinski definition) is 4. The average Bonchev–Trinajstić information content (AvgIpc) is 4.31. The first-order valence-corrected chi connectivity index (χ1v) is 23.7. The van der Waals surface area contributed by atoms with Crippen molar-refractivity contribution in [3.05, 3.63) is 143 Å². The molecule has 65 heavy (non-hydrogen) atoms. The maximum Gasteiger partial charge on any atom is 0.253 e. The van der Waals surface area contributed by atoms with Gasteiger partial charge in [0, 0.05) is 79.7 Å². The van der Waals surface area contributed by atoms with E-state index in [0.29, 0.717) is 17.7 Å². The van der Waals surface area contributed by atoms with Crippen molar-refractivity contribution in [2.75, 3.05) is 32.7 Å². The first-order valence-electron chi connectivity index (χ1n) is 23.7. The maximum atomic E-state index is 14.1. The SMILES string of the molecule is CCCCCCNC(=O)[C@@H]1CN(C(=O)c2ccc(C(=O)N3C[C@@H](C(=O)N[C@H]4C[C@@H]4c4ccccc4)[C@H](C(=O)N[C@@H]4C[C@H]4c4ccccc4)C3)cc2)C[C@H]1C(=O)N[C@H]1C[C@@H]1c1ccccc1. The molecule has 6 amide bonds. The largest absolute Gasteiger partial charge is 0.356 e. The van der Waals surface area contributed by atoms with Crippen LogP contribution >= 0.6 is 0 Å². The summed E-state index contributed by atoms with van der Waals surface area (Å²) in [5, 5.41) is 12.6. The van der Waals surface area contributed by atoms with Crippen molar-refractivity contribution in [2.24, 2.45) is 23.7 Å². The van der Waals surface area contributed by atoms with Crippen molar-refractivity contribution in [3.63, 3.8) is 0 Å². The molecule has 2 heterocycles. The van der Waals surface area contributed by atoms with Gasteiger partial charge in [0.25, 0.3) is 11.8 Å². The number of nitrogens with one attached hydrogen (secondary N) is 4. The fourth-order valence-corrected chi connectivity index (χ4v) is 10.2. The van der Waals surface area contributed by atoms with Crippen LogP contribution in [0, 0.1) is 23.7 Å². The van der Waals surface area contributed by atoms with E-state index < -0.39 is 23.7 Å². The van der Waals surface area contributed by atoms with Gasteiger partial charge in [-0.3, -0.25) is 28.8 Å². The lowest BCUT2D eigenvalue weighted by molar-refractivity contribution is -0.133. The molecule has 0 aromatic heterocycles. The third-order valence-electron chi connectivity index (χ3n) is 14.3. The summed E-state index contributed by atoms with van der Waals surface area (Å²) in [6, 6.07) is 36.5. The molecule has 4 aromatic rings. The summed E-state index contributed by atoms with van der Waals surface area (Å²) in [7, 11) is 0. The average molecular weight is 877 g/mol. The van der Waals surface area contributed by atoms with Crippen LogP contribution in [-0.4, -0.2) is 96.1 Å². The zero-order chi connectivity index (χ0) is 45.0. The van der Waals surface area contributed by atoms with Gasteiger partial charge in [-0.05, 0) is 66.6 Å². The smallest absolute Gasteiger partial charge is 0.253 e. The Balaban J connectivity index is 0.850. The highest BCUT2D eigenvalue weighted by molar-refractivity contribution is 6.00. The Morgan fingerprint density at radius 1 is 0.446 bits per heavy atom. The number of carbonyl (C=O) groups excluding carboxylic acids is 6. The van der Waals surface area contributed by atoms with E-state index in [1.165, 1.54) is 5.56 Å². The second-order valence-electron chi connectivity index (χ2n) is 18.9. The van der Waals surface area contributed by atoms with Gasteiger partial charge < -0.3 is 31.1 Å². The second-order valence-corrected chi connectivity index (χ2v) is 18.9. The van der Waals surface area contributed by atoms with Crippen LogP contribution in [0.2, 0.25) is 0 Å². The Morgan fingerprint density at radius 3 is 1.12 bits per heavy atom. The van der Waals surface area contributed by atoms with Crippen LogP contribution in [0.15, 0.2) is 115 Å². The summed E-state index contributed by atoms with van der Waals surface area (Å²) >= 11 is 0. The van der Waals surface area contributed by atoms with Crippen LogP contribution in [0.1, 0.15) is 107 Å². The first-order chi connectivity index (χ1) is 31.7. The predicted octanol–water partition coefficient (Wildman–Crippen LogP) is 5.78. The number of unbranched alkanes of at least 4 members (excludes halogenated alkanes) is 3. The highest BCUT2D eigenvalue weighted by atomic mass is 16.2. The molecule has 4 aromatic carbocycles. The van der Waals surface area contributed by atoms with Crippen LogP contribution in [0.3, 0.4) is 0 Å². The standard InChI is InChI=1S/C53H60N6O6/c1-2-3-4-14-25-54-48(60)41-29-58(30-42(41)49(61)55-45-26-38(45)33-15-8-5-9-16-33)52(64)36-21-23-37(24-22-36)53(65)59-31-43(50(62)56-46-27-39(46)34-17-10-6-11-18-34)44(32-59)51(63)57-47-28-40(47)35-19-12-7-13-20-35/h5-13,15-24,38-47H,2-4,14,25-32H2,1H3,(H,54,60)(H,55,61)(H,56,62)(H,57,63)/t38-,39-,40+,41-,42-,43-,44-,45+,46+,47-/m1/s1. The van der Waals surface area contributed by atoms with Crippen molar-refractivity contribution in [1.82, 2.24) is 31.1 Å². The lowest BCUT2D eigenvalue weighted by Gasteiger charge is -2.18. The van der Waals surface area contributed by atoms with Gasteiger partial charge in [0.2, 0.25) is 23.6 Å². The second kappa shape index (κ2) is 19.4. The number of rotatable bonds is 17. The predicted molar refractivity (Wildman–Crippen MR) is 247 cm³/mol. The lowest BCUT2D eigenvalue weighted by Crippen LogP contribution is -2.43. The highest BCUT2D eigenvalue weighted by Crippen LogP contribution is 2.43. The van der Waals surface area contributed by atoms with E-state index >= 15 is 0 Å². The monoisotopic (exact) mass is 876 g/mol. The van der Waals surface area contributed by atoms with Gasteiger partial charge in [-0.25, -0.2) is 0 Å². The molecule has 5 aliphatic rings. The van der Waals surface area contributed by atoms with Crippen LogP contribution in [0.25, 0.3) is 0 Å². The summed E-state index contributed by atoms with van der Waals surface area (Å²) in [5.41, 5.74) is 4.16. The zero-order valence-electron chi connectivity index (χ0n) is 37.1. The molecular formula is C53H60N6O6. The van der Waals surface area contributed by atoms with Gasteiger partial charge in [-0.2, -0.15) is 0 Å². The summed E-state index contributed by atoms with van der Waals surface area (Å²) in [4.78, 5) is 86.6. The molecule has 338 valence electrons. The summed E-state index contributed by atoms with van der Waals surface area (Å²) in [6.45, 7) is 3.03. The van der Waals surface area contributed by atoms with Gasteiger partial charge in [0.1, 0.15) is 0 Å². The topological polar surface area (TPSA) is 157 Å². The Labute approximate surface area is 381 Å². The van der Waals surface area contributed by atoms with Gasteiger partial charge in [0.15, 0.2) is 0 Å². The first kappa shape index (κ1) is 43.9. The molecule has 0 radical (unpaired) electrons. The molecule has 2 saturated heterocycles. The summed E-state index contributed by atoms with van der Waals surface area (Å²) < 4.78 is 0. The summed E-state index contributed by atoms with van der Waals surface area (Å²) in [5.74, 6) is -3.75. The molecule has 4 N–H and O–H groups in total. The van der Waals surface area contributed by atoms with E-state index in [0.717, 1.165) is 56.1 Å². The molecule has 12 heteroatoms. The fraction of sp³-hybridized carbons (Fsp3) is 0.434. The zero-order valence-corrected chi connectivity index (χ0v) is 37.1. The normalized spacial score (nSPS) is 27.3. The molecule has 0 spiro atoms. The highest BCUT2D eigenvalue weighted by Gasteiger charge is 2.50. The third kappa shape index (κ3) is 10.2. The van der Waals surface area contributed by atoms with Crippen molar-refractivity contribution in [2.45, 2.75) is 87.7 Å². The molecule has 9 rings (SSSR count). The van der Waals surface area contributed by atoms with Gasteiger partial charge in [0.05, 0.1) is 23.7 Å². The number of benzene rings is 4. The lowest BCUT2D eigenvalue weighted by atomic mass is 9.94. The van der Waals surface area contributed by atoms with Gasteiger partial charge in [-0.1, -0.05) is 117 Å². The molecule has 3 aliphatic carbocycles. The van der Waals surface area contributed by atoms with Crippen LogP contribution in [-0.2, 0) is 19.2 Å². The number of nitrogens with zero attached hydrogens (tertiary/aromatic N) is 2. The van der Waals surface area contributed by atoms with Crippen LogP contribution in [0.5, 0.6) is 0 Å². The Morgan fingerprint density at radius 2 is 0.785 bits per heavy atom. The van der Waals surface area contributed by atoms with Crippen molar-refractivity contribution in [1.29, 1.82) is 0 Å². The molecular weight excluding hydrogens is 817 g/mol. The molecule has 12 nitrogen and oxygen atoms in total. The van der Waals surface area contributed by atoms with E-state index in [-0.39, 0.29) is 97.5 Å². The quantitative estimate of drug-likeness (QED) is 0.0987. The van der Waals surface area contributed by atoms with Crippen molar-refractivity contribution < 1.29 is 28.8 Å². The molecule has 5 fully saturated rings. The summed E-state index contributed by atoms with van der Waals surface area (Å²) in [6.07, 6.45) is 6.49. The van der Waals surface area contributed by atoms with Crippen LogP contribution < -0.4 is 21.3 Å². The van der Waals surface area contributed by atoms with E-state index in [2.05, 4.69) is 64.6 Å². The number of likely N-dealkylation sites (tertiary alicyclic amines) is 2. The van der Waals surface area contributed by atoms with Crippen LogP contribution in [0.4, 0.5) is 0 Å². The molecule has 10 atom stereocenters. The van der Waals surface area contributed by atoms with E-state index in [4.69, 9.17) is 0 Å².